The number of benzene rings is 3. The standard InChI is InChI=1S/C9H7BrO3.C9H8O3.C8H10O2/c1-12-7-3-2-6(10)5-4-13-9(11)8(5)7;1-11-7-4-2-3-6-5-12-9(10)8(6)7;1-10-8-4-2-3-7(5-8)6-9/h2-3H,4H2,1H3;2-4H,5H2,1H3;2-5,9H,6H2,1H3. The molecule has 0 amide bonds. The normalized spacial score (nSPS) is 12.6. The quantitative estimate of drug-likeness (QED) is 0.472. The fourth-order valence-electron chi connectivity index (χ4n) is 3.43. The Hall–Kier alpha value is -3.56. The fraction of sp³-hybridized carbons (Fsp3) is 0.231. The second kappa shape index (κ2) is 12.2. The number of carbonyl (C=O) groups is 2. The third kappa shape index (κ3) is 6.12. The largest absolute Gasteiger partial charge is 0.497 e. The number of halogens is 1. The number of methoxy groups -OCH3 is 3. The molecule has 2 heterocycles. The molecule has 5 rings (SSSR count). The number of carbonyl (C=O) groups excluding carboxylic acids is 2. The summed E-state index contributed by atoms with van der Waals surface area (Å²) < 4.78 is 25.7. The first-order chi connectivity index (χ1) is 16.9. The fourth-order valence-corrected chi connectivity index (χ4v) is 3.88. The first-order valence-corrected chi connectivity index (χ1v) is 11.3. The lowest BCUT2D eigenvalue weighted by Gasteiger charge is -2.04. The van der Waals surface area contributed by atoms with Crippen LogP contribution in [0.25, 0.3) is 0 Å². The molecule has 2 aliphatic rings. The minimum absolute atomic E-state index is 0.0667. The van der Waals surface area contributed by atoms with E-state index >= 15 is 0 Å². The van der Waals surface area contributed by atoms with Crippen molar-refractivity contribution in [3.05, 3.63) is 86.9 Å². The molecule has 9 heteroatoms. The number of esters is 2. The lowest BCUT2D eigenvalue weighted by atomic mass is 10.1. The van der Waals surface area contributed by atoms with E-state index < -0.39 is 0 Å². The van der Waals surface area contributed by atoms with Gasteiger partial charge in [-0.1, -0.05) is 40.2 Å². The molecule has 0 spiro atoms. The molecule has 0 fully saturated rings. The maximum absolute atomic E-state index is 11.3. The predicted molar refractivity (Wildman–Crippen MR) is 131 cm³/mol. The molecule has 184 valence electrons. The van der Waals surface area contributed by atoms with E-state index in [1.807, 2.05) is 36.4 Å². The van der Waals surface area contributed by atoms with Gasteiger partial charge in [-0.05, 0) is 35.9 Å². The molecule has 35 heavy (non-hydrogen) atoms. The summed E-state index contributed by atoms with van der Waals surface area (Å²) in [6.45, 7) is 0.758. The highest BCUT2D eigenvalue weighted by molar-refractivity contribution is 9.10. The lowest BCUT2D eigenvalue weighted by molar-refractivity contribution is 0.0523. The molecule has 0 aliphatic carbocycles. The summed E-state index contributed by atoms with van der Waals surface area (Å²) in [7, 11) is 4.69. The molecule has 0 saturated carbocycles. The Morgan fingerprint density at radius 1 is 0.829 bits per heavy atom. The second-order valence-corrected chi connectivity index (χ2v) is 8.11. The van der Waals surface area contributed by atoms with Gasteiger partial charge in [0.1, 0.15) is 41.6 Å². The van der Waals surface area contributed by atoms with Crippen molar-refractivity contribution in [2.24, 2.45) is 0 Å². The van der Waals surface area contributed by atoms with Crippen LogP contribution in [0.1, 0.15) is 37.4 Å². The van der Waals surface area contributed by atoms with Gasteiger partial charge in [-0.25, -0.2) is 9.59 Å². The summed E-state index contributed by atoms with van der Waals surface area (Å²) >= 11 is 3.35. The first kappa shape index (κ1) is 26.1. The van der Waals surface area contributed by atoms with Gasteiger partial charge in [0, 0.05) is 15.6 Å². The predicted octanol–water partition coefficient (Wildman–Crippen LogP) is 4.68. The lowest BCUT2D eigenvalue weighted by Crippen LogP contribution is -1.98. The van der Waals surface area contributed by atoms with Gasteiger partial charge in [0.05, 0.1) is 27.9 Å². The molecule has 3 aromatic rings. The smallest absolute Gasteiger partial charge is 0.342 e. The van der Waals surface area contributed by atoms with Crippen LogP contribution in [0, 0.1) is 0 Å². The Morgan fingerprint density at radius 3 is 2.17 bits per heavy atom. The topological polar surface area (TPSA) is 101 Å². The number of rotatable bonds is 4. The SMILES string of the molecule is COc1ccc(Br)c2c1C(=O)OC2.COc1cccc(CO)c1.COc1cccc2c1C(=O)OC2. The molecule has 0 atom stereocenters. The van der Waals surface area contributed by atoms with Gasteiger partial charge in [0.15, 0.2) is 0 Å². The Bertz CT molecular complexity index is 1190. The van der Waals surface area contributed by atoms with Crippen molar-refractivity contribution in [1.82, 2.24) is 0 Å². The van der Waals surface area contributed by atoms with Crippen molar-refractivity contribution in [2.45, 2.75) is 19.8 Å². The van der Waals surface area contributed by atoms with E-state index in [-0.39, 0.29) is 18.5 Å². The van der Waals surface area contributed by atoms with Crippen LogP contribution in [0.5, 0.6) is 17.2 Å². The number of cyclic esters (lactones) is 2. The number of hydrogen-bond acceptors (Lipinski definition) is 8. The van der Waals surface area contributed by atoms with Crippen molar-refractivity contribution in [2.75, 3.05) is 21.3 Å². The van der Waals surface area contributed by atoms with Gasteiger partial charge in [-0.15, -0.1) is 0 Å². The van der Waals surface area contributed by atoms with Crippen LogP contribution < -0.4 is 14.2 Å². The van der Waals surface area contributed by atoms with E-state index in [0.29, 0.717) is 35.8 Å². The molecule has 3 aromatic carbocycles. The van der Waals surface area contributed by atoms with Crippen LogP contribution in [-0.4, -0.2) is 38.4 Å². The minimum atomic E-state index is -0.312. The van der Waals surface area contributed by atoms with Crippen LogP contribution in [0.15, 0.2) is 59.1 Å². The zero-order valence-electron chi connectivity index (χ0n) is 19.5. The van der Waals surface area contributed by atoms with Crippen LogP contribution in [0.2, 0.25) is 0 Å². The minimum Gasteiger partial charge on any atom is -0.497 e. The number of ether oxygens (including phenoxy) is 5. The van der Waals surface area contributed by atoms with E-state index in [9.17, 15) is 9.59 Å². The van der Waals surface area contributed by atoms with E-state index in [2.05, 4.69) is 15.9 Å². The van der Waals surface area contributed by atoms with Crippen molar-refractivity contribution in [3.8, 4) is 17.2 Å². The van der Waals surface area contributed by atoms with Crippen molar-refractivity contribution < 1.29 is 38.4 Å². The number of aliphatic hydroxyl groups excluding tert-OH is 1. The molecule has 2 aliphatic heterocycles. The third-order valence-electron chi connectivity index (χ3n) is 5.20. The zero-order valence-corrected chi connectivity index (χ0v) is 21.1. The molecule has 1 N–H and O–H groups in total. The van der Waals surface area contributed by atoms with Crippen LogP contribution in [0.3, 0.4) is 0 Å². The molecule has 0 bridgehead atoms. The van der Waals surface area contributed by atoms with Gasteiger partial charge in [0.25, 0.3) is 0 Å². The molecule has 0 saturated heterocycles. The maximum atomic E-state index is 11.3. The summed E-state index contributed by atoms with van der Waals surface area (Å²) in [4.78, 5) is 22.4. The summed E-state index contributed by atoms with van der Waals surface area (Å²) in [6, 6.07) is 16.4. The summed E-state index contributed by atoms with van der Waals surface area (Å²) in [6.07, 6.45) is 0. The van der Waals surface area contributed by atoms with Crippen molar-refractivity contribution in [3.63, 3.8) is 0 Å². The number of hydrogen-bond donors (Lipinski definition) is 1. The summed E-state index contributed by atoms with van der Waals surface area (Å²) in [5.41, 5.74) is 3.75. The van der Waals surface area contributed by atoms with Crippen LogP contribution in [0.4, 0.5) is 0 Å². The molecular formula is C26H25BrO8. The average Bonchev–Trinajstić information content (AvgIpc) is 3.48. The Kier molecular flexibility index (Phi) is 9.11. The van der Waals surface area contributed by atoms with Crippen molar-refractivity contribution >= 4 is 27.9 Å². The first-order valence-electron chi connectivity index (χ1n) is 10.5. The van der Waals surface area contributed by atoms with E-state index in [4.69, 9.17) is 28.8 Å². The van der Waals surface area contributed by atoms with Gasteiger partial charge in [0.2, 0.25) is 0 Å². The Morgan fingerprint density at radius 2 is 1.49 bits per heavy atom. The molecular weight excluding hydrogens is 520 g/mol. The van der Waals surface area contributed by atoms with E-state index in [1.165, 1.54) is 7.11 Å². The zero-order chi connectivity index (χ0) is 25.4. The highest BCUT2D eigenvalue weighted by Gasteiger charge is 2.27. The van der Waals surface area contributed by atoms with Gasteiger partial charge in [-0.3, -0.25) is 0 Å². The highest BCUT2D eigenvalue weighted by Crippen LogP contribution is 2.34. The Balaban J connectivity index is 0.000000148. The second-order valence-electron chi connectivity index (χ2n) is 7.26. The van der Waals surface area contributed by atoms with Gasteiger partial charge in [-0.2, -0.15) is 0 Å². The summed E-state index contributed by atoms with van der Waals surface area (Å²) in [5, 5.41) is 8.70. The average molecular weight is 545 g/mol. The van der Waals surface area contributed by atoms with Gasteiger partial charge >= 0.3 is 11.9 Å². The Labute approximate surface area is 211 Å². The van der Waals surface area contributed by atoms with Crippen LogP contribution >= 0.6 is 15.9 Å². The molecule has 8 nitrogen and oxygen atoms in total. The van der Waals surface area contributed by atoms with Crippen molar-refractivity contribution in [1.29, 1.82) is 0 Å². The van der Waals surface area contributed by atoms with Gasteiger partial charge < -0.3 is 28.8 Å². The van der Waals surface area contributed by atoms with E-state index in [0.717, 1.165) is 26.9 Å². The molecule has 0 aromatic heterocycles. The monoisotopic (exact) mass is 544 g/mol. The number of aliphatic hydroxyl groups is 1. The van der Waals surface area contributed by atoms with Crippen LogP contribution in [-0.2, 0) is 29.3 Å². The summed E-state index contributed by atoms with van der Waals surface area (Å²) in [5.74, 6) is 1.35. The molecule has 0 unspecified atom stereocenters. The highest BCUT2D eigenvalue weighted by atomic mass is 79.9. The maximum Gasteiger partial charge on any atom is 0.342 e. The number of fused-ring (bicyclic) bond motifs is 2. The van der Waals surface area contributed by atoms with E-state index in [1.54, 1.807) is 32.4 Å². The third-order valence-corrected chi connectivity index (χ3v) is 5.94. The molecule has 0 radical (unpaired) electrons.